The number of benzene rings is 6. The third-order valence-corrected chi connectivity index (χ3v) is 10.7. The fourth-order valence-electron chi connectivity index (χ4n) is 7.11. The molecule has 232 valence electrons. The van der Waals surface area contributed by atoms with Crippen molar-refractivity contribution in [3.63, 3.8) is 0 Å². The van der Waals surface area contributed by atoms with Crippen molar-refractivity contribution in [3.05, 3.63) is 138 Å². The van der Waals surface area contributed by atoms with Crippen molar-refractivity contribution >= 4 is 70.6 Å². The minimum Gasteiger partial charge on any atom is -0.456 e. The molecule has 0 N–H and O–H groups in total. The second-order valence-electron chi connectivity index (χ2n) is 12.7. The van der Waals surface area contributed by atoms with Crippen LogP contribution in [0.15, 0.2) is 138 Å². The second-order valence-corrected chi connectivity index (χ2v) is 13.7. The normalized spacial score (nSPS) is 14.8. The lowest BCUT2D eigenvalue weighted by Gasteiger charge is -2.14. The maximum absolute atomic E-state index is 6.23. The predicted octanol–water partition coefficient (Wildman–Crippen LogP) is 11.7. The molecular formula is C43H28N4OS. The molecule has 0 saturated carbocycles. The first-order valence-electron chi connectivity index (χ1n) is 16.5. The second kappa shape index (κ2) is 11.0. The van der Waals surface area contributed by atoms with E-state index in [1.54, 1.807) is 11.3 Å². The first kappa shape index (κ1) is 28.1. The lowest BCUT2D eigenvalue weighted by atomic mass is 9.94. The van der Waals surface area contributed by atoms with E-state index in [2.05, 4.69) is 79.7 Å². The summed E-state index contributed by atoms with van der Waals surface area (Å²) in [5, 5.41) is 7.87. The standard InChI is InChI=1S/C43H28N4OS/c1-25-10-5-6-13-30(25)43-44-34-23-22-27-20-18-26-19-21-29(24-33(26)37(27)39(34)49-43)41-45-40(28-11-3-2-4-12-28)46-42(47-41)32-15-9-17-36-38(32)31-14-7-8-16-35(31)48-36/h2-9,11-25H,10H2,1H3. The van der Waals surface area contributed by atoms with E-state index in [1.165, 1.54) is 26.4 Å². The van der Waals surface area contributed by atoms with E-state index < -0.39 is 0 Å². The number of thiazole rings is 1. The van der Waals surface area contributed by atoms with Gasteiger partial charge < -0.3 is 4.42 Å². The minimum atomic E-state index is 0.447. The lowest BCUT2D eigenvalue weighted by molar-refractivity contribution is 0.669. The number of hydrogen-bond acceptors (Lipinski definition) is 6. The van der Waals surface area contributed by atoms with Crippen LogP contribution in [-0.2, 0) is 0 Å². The predicted molar refractivity (Wildman–Crippen MR) is 203 cm³/mol. The van der Waals surface area contributed by atoms with Crippen LogP contribution in [0.5, 0.6) is 0 Å². The van der Waals surface area contributed by atoms with Gasteiger partial charge >= 0.3 is 0 Å². The van der Waals surface area contributed by atoms with Crippen molar-refractivity contribution in [2.75, 3.05) is 0 Å². The van der Waals surface area contributed by atoms with Gasteiger partial charge in [-0.1, -0.05) is 116 Å². The smallest absolute Gasteiger partial charge is 0.164 e. The molecule has 1 unspecified atom stereocenters. The summed E-state index contributed by atoms with van der Waals surface area (Å²) >= 11 is 1.79. The summed E-state index contributed by atoms with van der Waals surface area (Å²) in [5.41, 5.74) is 6.76. The Labute approximate surface area is 285 Å². The molecule has 49 heavy (non-hydrogen) atoms. The Morgan fingerprint density at radius 1 is 0.633 bits per heavy atom. The first-order chi connectivity index (χ1) is 24.2. The molecule has 0 amide bonds. The first-order valence-corrected chi connectivity index (χ1v) is 17.4. The molecule has 0 aliphatic heterocycles. The van der Waals surface area contributed by atoms with Crippen LogP contribution in [0.1, 0.15) is 18.4 Å². The molecule has 1 atom stereocenters. The third-order valence-electron chi connectivity index (χ3n) is 9.60. The number of aromatic nitrogens is 4. The zero-order chi connectivity index (χ0) is 32.5. The Hall–Kier alpha value is -5.98. The van der Waals surface area contributed by atoms with E-state index in [1.807, 2.05) is 60.7 Å². The average Bonchev–Trinajstić information content (AvgIpc) is 3.77. The number of fused-ring (bicyclic) bond motifs is 8. The largest absolute Gasteiger partial charge is 0.456 e. The highest BCUT2D eigenvalue weighted by atomic mass is 32.1. The molecule has 0 spiro atoms. The van der Waals surface area contributed by atoms with Crippen LogP contribution in [0.4, 0.5) is 0 Å². The molecule has 0 saturated heterocycles. The van der Waals surface area contributed by atoms with E-state index in [9.17, 15) is 0 Å². The van der Waals surface area contributed by atoms with Gasteiger partial charge in [-0.2, -0.15) is 0 Å². The molecule has 10 rings (SSSR count). The van der Waals surface area contributed by atoms with E-state index in [-0.39, 0.29) is 0 Å². The summed E-state index contributed by atoms with van der Waals surface area (Å²) in [5.74, 6) is 2.31. The summed E-state index contributed by atoms with van der Waals surface area (Å²) in [4.78, 5) is 20.4. The van der Waals surface area contributed by atoms with Gasteiger partial charge in [-0.15, -0.1) is 11.3 Å². The maximum Gasteiger partial charge on any atom is 0.164 e. The van der Waals surface area contributed by atoms with Crippen LogP contribution in [-0.4, -0.2) is 19.9 Å². The van der Waals surface area contributed by atoms with E-state index in [0.29, 0.717) is 23.4 Å². The zero-order valence-electron chi connectivity index (χ0n) is 26.6. The molecule has 6 heteroatoms. The highest BCUT2D eigenvalue weighted by molar-refractivity contribution is 7.20. The number of nitrogens with zero attached hydrogens (tertiary/aromatic N) is 4. The van der Waals surface area contributed by atoms with Crippen molar-refractivity contribution in [1.29, 1.82) is 0 Å². The van der Waals surface area contributed by atoms with Crippen molar-refractivity contribution in [2.45, 2.75) is 13.3 Å². The SMILES string of the molecule is CC1CC=CC=C1c1nc2ccc3ccc4ccc(-c5nc(-c6ccccc6)nc(-c6cccc7oc8ccccc8c67)n5)cc4c3c2s1. The minimum absolute atomic E-state index is 0.447. The summed E-state index contributed by atoms with van der Waals surface area (Å²) in [6, 6.07) is 39.6. The average molecular weight is 649 g/mol. The fraction of sp³-hybridized carbons (Fsp3) is 0.0698. The molecular weight excluding hydrogens is 621 g/mol. The number of para-hydroxylation sites is 1. The number of rotatable bonds is 4. The Kier molecular flexibility index (Phi) is 6.33. The van der Waals surface area contributed by atoms with Crippen LogP contribution in [0, 0.1) is 5.92 Å². The zero-order valence-corrected chi connectivity index (χ0v) is 27.4. The highest BCUT2D eigenvalue weighted by Gasteiger charge is 2.20. The molecule has 0 fully saturated rings. The monoisotopic (exact) mass is 648 g/mol. The fourth-order valence-corrected chi connectivity index (χ4v) is 8.39. The van der Waals surface area contributed by atoms with Gasteiger partial charge in [0.2, 0.25) is 0 Å². The van der Waals surface area contributed by atoms with Gasteiger partial charge in [-0.05, 0) is 58.3 Å². The van der Waals surface area contributed by atoms with Gasteiger partial charge in [0.15, 0.2) is 17.5 Å². The van der Waals surface area contributed by atoms with Crippen LogP contribution >= 0.6 is 11.3 Å². The van der Waals surface area contributed by atoms with Crippen LogP contribution in [0.3, 0.4) is 0 Å². The summed E-state index contributed by atoms with van der Waals surface area (Å²) in [6.07, 6.45) is 7.65. The summed E-state index contributed by atoms with van der Waals surface area (Å²) < 4.78 is 7.44. The lowest BCUT2D eigenvalue weighted by Crippen LogP contribution is -2.00. The molecule has 6 aromatic carbocycles. The molecule has 0 radical (unpaired) electrons. The van der Waals surface area contributed by atoms with E-state index >= 15 is 0 Å². The van der Waals surface area contributed by atoms with Crippen molar-refractivity contribution < 1.29 is 4.42 Å². The van der Waals surface area contributed by atoms with E-state index in [0.717, 1.165) is 61.0 Å². The van der Waals surface area contributed by atoms with Gasteiger partial charge in [0.1, 0.15) is 16.2 Å². The number of hydrogen-bond donors (Lipinski definition) is 0. The molecule has 5 nitrogen and oxygen atoms in total. The van der Waals surface area contributed by atoms with Crippen molar-refractivity contribution in [1.82, 2.24) is 19.9 Å². The Morgan fingerprint density at radius 3 is 2.29 bits per heavy atom. The molecule has 1 aliphatic rings. The molecule has 3 heterocycles. The van der Waals surface area contributed by atoms with E-state index in [4.69, 9.17) is 24.4 Å². The van der Waals surface area contributed by atoms with Crippen molar-refractivity contribution in [3.8, 4) is 34.2 Å². The van der Waals surface area contributed by atoms with Gasteiger partial charge in [0.05, 0.1) is 10.2 Å². The summed E-state index contributed by atoms with van der Waals surface area (Å²) in [6.45, 7) is 2.28. The Bertz CT molecular complexity index is 2830. The van der Waals surface area contributed by atoms with Gasteiger partial charge in [0, 0.05) is 32.8 Å². The number of furan rings is 1. The van der Waals surface area contributed by atoms with Gasteiger partial charge in [-0.3, -0.25) is 0 Å². The highest BCUT2D eigenvalue weighted by Crippen LogP contribution is 2.41. The van der Waals surface area contributed by atoms with Crippen molar-refractivity contribution in [2.24, 2.45) is 5.92 Å². The topological polar surface area (TPSA) is 64.7 Å². The molecule has 9 aromatic rings. The quantitative estimate of drug-likeness (QED) is 0.178. The van der Waals surface area contributed by atoms with Gasteiger partial charge in [-0.25, -0.2) is 19.9 Å². The van der Waals surface area contributed by atoms with Gasteiger partial charge in [0.25, 0.3) is 0 Å². The van der Waals surface area contributed by atoms with Crippen LogP contribution in [0.2, 0.25) is 0 Å². The van der Waals surface area contributed by atoms with Crippen LogP contribution in [0.25, 0.3) is 93.4 Å². The summed E-state index contributed by atoms with van der Waals surface area (Å²) in [7, 11) is 0. The Balaban J connectivity index is 1.21. The molecule has 0 bridgehead atoms. The maximum atomic E-state index is 6.23. The Morgan fingerprint density at radius 2 is 1.39 bits per heavy atom. The van der Waals surface area contributed by atoms with Crippen LogP contribution < -0.4 is 0 Å². The molecule has 3 aromatic heterocycles. The molecule has 1 aliphatic carbocycles. The third kappa shape index (κ3) is 4.60. The number of allylic oxidation sites excluding steroid dienone is 4.